The van der Waals surface area contributed by atoms with Gasteiger partial charge in [0.1, 0.15) is 17.6 Å². The van der Waals surface area contributed by atoms with Crippen molar-refractivity contribution in [3.8, 4) is 11.5 Å². The van der Waals surface area contributed by atoms with E-state index >= 15 is 0 Å². The first-order chi connectivity index (χ1) is 12.2. The van der Waals surface area contributed by atoms with Crippen LogP contribution in [-0.4, -0.2) is 66.2 Å². The summed E-state index contributed by atoms with van der Waals surface area (Å²) in [6, 6.07) is 7.58. The maximum absolute atomic E-state index is 5.88. The fourth-order valence-corrected chi connectivity index (χ4v) is 2.03. The normalized spacial score (nSPS) is 12.1. The molecule has 0 heterocycles. The number of nitrogens with zero attached hydrogens (tertiary/aromatic N) is 1. The molecule has 0 aromatic heterocycles. The van der Waals surface area contributed by atoms with Crippen LogP contribution >= 0.6 is 24.0 Å². The highest BCUT2D eigenvalue weighted by Gasteiger charge is 2.06. The highest BCUT2D eigenvalue weighted by atomic mass is 127. The van der Waals surface area contributed by atoms with Gasteiger partial charge in [-0.3, -0.25) is 4.99 Å². The number of hydrogen-bond acceptors (Lipinski definition) is 5. The maximum Gasteiger partial charge on any atom is 0.191 e. The number of methoxy groups -OCH3 is 2. The Labute approximate surface area is 173 Å². The number of guanidine groups is 1. The third-order valence-corrected chi connectivity index (χ3v) is 3.35. The summed E-state index contributed by atoms with van der Waals surface area (Å²) in [5, 5.41) is 6.50. The van der Waals surface area contributed by atoms with Gasteiger partial charge >= 0.3 is 0 Å². The van der Waals surface area contributed by atoms with Gasteiger partial charge in [-0.05, 0) is 25.5 Å². The second kappa shape index (κ2) is 16.0. The summed E-state index contributed by atoms with van der Waals surface area (Å²) in [6.45, 7) is 5.38. The number of rotatable bonds is 12. The van der Waals surface area contributed by atoms with Crippen molar-refractivity contribution in [1.82, 2.24) is 10.6 Å². The first-order valence-electron chi connectivity index (χ1n) is 8.51. The van der Waals surface area contributed by atoms with Crippen LogP contribution in [0.1, 0.15) is 13.3 Å². The standard InChI is InChI=1S/C18H31N3O4.HI/c1-15(25-17-8-5-7-16(13-17)23-4)14-21-18(19-2)20-9-6-10-24-12-11-22-3;/h5,7-8,13,15H,6,9-12,14H2,1-4H3,(H2,19,20,21);1H. The molecule has 2 N–H and O–H groups in total. The third-order valence-electron chi connectivity index (χ3n) is 3.35. The van der Waals surface area contributed by atoms with E-state index in [9.17, 15) is 0 Å². The van der Waals surface area contributed by atoms with Crippen LogP contribution in [0.25, 0.3) is 0 Å². The van der Waals surface area contributed by atoms with Crippen LogP contribution in [0.3, 0.4) is 0 Å². The summed E-state index contributed by atoms with van der Waals surface area (Å²) >= 11 is 0. The van der Waals surface area contributed by atoms with Crippen molar-refractivity contribution in [2.75, 3.05) is 54.2 Å². The zero-order chi connectivity index (χ0) is 18.3. The molecule has 1 unspecified atom stereocenters. The molecule has 7 nitrogen and oxygen atoms in total. The molecule has 0 fully saturated rings. The lowest BCUT2D eigenvalue weighted by molar-refractivity contribution is 0.0698. The molecule has 0 spiro atoms. The van der Waals surface area contributed by atoms with Crippen molar-refractivity contribution < 1.29 is 18.9 Å². The summed E-state index contributed by atoms with van der Waals surface area (Å²) < 4.78 is 21.4. The summed E-state index contributed by atoms with van der Waals surface area (Å²) in [5.74, 6) is 2.31. The number of nitrogens with one attached hydrogen (secondary N) is 2. The van der Waals surface area contributed by atoms with Crippen LogP contribution in [0.5, 0.6) is 11.5 Å². The molecular formula is C18H32IN3O4. The van der Waals surface area contributed by atoms with Crippen LogP contribution in [0.4, 0.5) is 0 Å². The number of ether oxygens (including phenoxy) is 4. The predicted molar refractivity (Wildman–Crippen MR) is 115 cm³/mol. The Balaban J connectivity index is 0.00000625. The van der Waals surface area contributed by atoms with Crippen LogP contribution in [0.2, 0.25) is 0 Å². The second-order valence-corrected chi connectivity index (χ2v) is 5.45. The van der Waals surface area contributed by atoms with Gasteiger partial charge in [0, 0.05) is 33.4 Å². The average molecular weight is 481 g/mol. The van der Waals surface area contributed by atoms with E-state index in [1.807, 2.05) is 31.2 Å². The van der Waals surface area contributed by atoms with Crippen molar-refractivity contribution in [1.29, 1.82) is 0 Å². The Morgan fingerprint density at radius 3 is 2.58 bits per heavy atom. The smallest absolute Gasteiger partial charge is 0.191 e. The Morgan fingerprint density at radius 1 is 1.12 bits per heavy atom. The lowest BCUT2D eigenvalue weighted by atomic mass is 10.3. The first-order valence-corrected chi connectivity index (χ1v) is 8.51. The molecule has 0 aliphatic carbocycles. The fraction of sp³-hybridized carbons (Fsp3) is 0.611. The minimum atomic E-state index is -0.0111. The van der Waals surface area contributed by atoms with E-state index in [0.717, 1.165) is 30.4 Å². The second-order valence-electron chi connectivity index (χ2n) is 5.45. The van der Waals surface area contributed by atoms with Crippen LogP contribution in [-0.2, 0) is 9.47 Å². The van der Waals surface area contributed by atoms with E-state index in [1.54, 1.807) is 21.3 Å². The molecule has 1 aromatic carbocycles. The maximum atomic E-state index is 5.88. The van der Waals surface area contributed by atoms with E-state index in [4.69, 9.17) is 18.9 Å². The monoisotopic (exact) mass is 481 g/mol. The zero-order valence-corrected chi connectivity index (χ0v) is 18.4. The predicted octanol–water partition coefficient (Wildman–Crippen LogP) is 2.30. The van der Waals surface area contributed by atoms with Crippen molar-refractivity contribution >= 4 is 29.9 Å². The molecule has 0 bridgehead atoms. The molecule has 8 heteroatoms. The molecule has 0 saturated heterocycles. The van der Waals surface area contributed by atoms with Gasteiger partial charge < -0.3 is 29.6 Å². The molecule has 0 amide bonds. The van der Waals surface area contributed by atoms with E-state index < -0.39 is 0 Å². The van der Waals surface area contributed by atoms with E-state index in [-0.39, 0.29) is 30.1 Å². The minimum absolute atomic E-state index is 0. The molecule has 26 heavy (non-hydrogen) atoms. The molecule has 0 aliphatic rings. The van der Waals surface area contributed by atoms with Gasteiger partial charge in [-0.2, -0.15) is 0 Å². The van der Waals surface area contributed by atoms with E-state index in [2.05, 4.69) is 15.6 Å². The highest BCUT2D eigenvalue weighted by Crippen LogP contribution is 2.19. The lowest BCUT2D eigenvalue weighted by Crippen LogP contribution is -2.42. The molecule has 0 saturated carbocycles. The van der Waals surface area contributed by atoms with Gasteiger partial charge in [0.2, 0.25) is 0 Å². The van der Waals surface area contributed by atoms with Gasteiger partial charge in [-0.25, -0.2) is 0 Å². The molecule has 1 rings (SSSR count). The third kappa shape index (κ3) is 11.4. The quantitative estimate of drug-likeness (QED) is 0.207. The van der Waals surface area contributed by atoms with Crippen molar-refractivity contribution in [2.45, 2.75) is 19.4 Å². The van der Waals surface area contributed by atoms with Gasteiger partial charge in [0.05, 0.1) is 26.9 Å². The fourth-order valence-electron chi connectivity index (χ4n) is 2.03. The van der Waals surface area contributed by atoms with E-state index in [0.29, 0.717) is 26.4 Å². The minimum Gasteiger partial charge on any atom is -0.497 e. The largest absolute Gasteiger partial charge is 0.497 e. The van der Waals surface area contributed by atoms with Crippen molar-refractivity contribution in [3.63, 3.8) is 0 Å². The summed E-state index contributed by atoms with van der Waals surface area (Å²) in [4.78, 5) is 4.20. The number of halogens is 1. The Hall–Kier alpha value is -1.26. The topological polar surface area (TPSA) is 73.3 Å². The van der Waals surface area contributed by atoms with Gasteiger partial charge in [-0.15, -0.1) is 24.0 Å². The molecule has 0 aliphatic heterocycles. The zero-order valence-electron chi connectivity index (χ0n) is 16.1. The number of benzene rings is 1. The molecule has 1 aromatic rings. The van der Waals surface area contributed by atoms with Gasteiger partial charge in [-0.1, -0.05) is 6.07 Å². The van der Waals surface area contributed by atoms with E-state index in [1.165, 1.54) is 0 Å². The summed E-state index contributed by atoms with van der Waals surface area (Å²) in [7, 11) is 5.06. The Kier molecular flexibility index (Phi) is 15.2. The first kappa shape index (κ1) is 24.7. The van der Waals surface area contributed by atoms with Crippen LogP contribution in [0, 0.1) is 0 Å². The van der Waals surface area contributed by atoms with Crippen LogP contribution < -0.4 is 20.1 Å². The lowest BCUT2D eigenvalue weighted by Gasteiger charge is -2.18. The van der Waals surface area contributed by atoms with Gasteiger partial charge in [0.25, 0.3) is 0 Å². The Morgan fingerprint density at radius 2 is 1.88 bits per heavy atom. The van der Waals surface area contributed by atoms with Crippen molar-refractivity contribution in [3.05, 3.63) is 24.3 Å². The molecule has 150 valence electrons. The summed E-state index contributed by atoms with van der Waals surface area (Å²) in [5.41, 5.74) is 0. The highest BCUT2D eigenvalue weighted by molar-refractivity contribution is 14.0. The molecular weight excluding hydrogens is 449 g/mol. The Bertz CT molecular complexity index is 503. The number of aliphatic imine (C=N–C) groups is 1. The molecule has 1 atom stereocenters. The van der Waals surface area contributed by atoms with Crippen LogP contribution in [0.15, 0.2) is 29.3 Å². The SMILES string of the molecule is CN=C(NCCCOCCOC)NCC(C)Oc1cccc(OC)c1.I. The average Bonchev–Trinajstić information content (AvgIpc) is 2.63. The molecule has 0 radical (unpaired) electrons. The van der Waals surface area contributed by atoms with Gasteiger partial charge in [0.15, 0.2) is 5.96 Å². The summed E-state index contributed by atoms with van der Waals surface area (Å²) in [6.07, 6.45) is 0.892. The number of hydrogen-bond donors (Lipinski definition) is 2. The van der Waals surface area contributed by atoms with Crippen molar-refractivity contribution in [2.24, 2.45) is 4.99 Å².